The number of nitrogens with zero attached hydrogens (tertiary/aromatic N) is 2. The number of anilines is 1. The van der Waals surface area contributed by atoms with E-state index in [2.05, 4.69) is 15.2 Å². The minimum atomic E-state index is 0.112. The molecule has 2 heterocycles. The number of nitrogens with one attached hydrogen (secondary N) is 1. The Kier molecular flexibility index (Phi) is 3.90. The van der Waals surface area contributed by atoms with Crippen LogP contribution < -0.4 is 5.32 Å². The first-order chi connectivity index (χ1) is 9.79. The van der Waals surface area contributed by atoms with Crippen LogP contribution in [0.3, 0.4) is 0 Å². The largest absolute Gasteiger partial charge is 0.370 e. The number of hydrogen-bond donors (Lipinski definition) is 1. The van der Waals surface area contributed by atoms with Gasteiger partial charge in [0.25, 0.3) is 5.91 Å². The molecule has 1 aliphatic carbocycles. The molecule has 2 aliphatic rings. The van der Waals surface area contributed by atoms with E-state index in [-0.39, 0.29) is 5.91 Å². The van der Waals surface area contributed by atoms with E-state index >= 15 is 0 Å². The second-order valence-corrected chi connectivity index (χ2v) is 5.84. The van der Waals surface area contributed by atoms with Crippen molar-refractivity contribution in [3.05, 3.63) is 23.9 Å². The van der Waals surface area contributed by atoms with E-state index in [9.17, 15) is 4.79 Å². The lowest BCUT2D eigenvalue weighted by Gasteiger charge is -2.37. The standard InChI is InChI=1S/C16H23N3O/c1-2-17-15-10-4-8-13(18-15)16(20)19-11-5-7-12-6-3-9-14(12)19/h4,8,10,12,14H,2-3,5-7,9,11H2,1H3,(H,17,18). The van der Waals surface area contributed by atoms with E-state index in [1.54, 1.807) is 0 Å². The Hall–Kier alpha value is -1.58. The number of fused-ring (bicyclic) bond motifs is 1. The number of rotatable bonds is 3. The maximum absolute atomic E-state index is 12.7. The smallest absolute Gasteiger partial charge is 0.272 e. The molecule has 2 unspecified atom stereocenters. The Morgan fingerprint density at radius 2 is 2.20 bits per heavy atom. The van der Waals surface area contributed by atoms with Gasteiger partial charge in [0, 0.05) is 19.1 Å². The van der Waals surface area contributed by atoms with Gasteiger partial charge in [0.1, 0.15) is 11.5 Å². The fraction of sp³-hybridized carbons (Fsp3) is 0.625. The molecule has 108 valence electrons. The van der Waals surface area contributed by atoms with Gasteiger partial charge >= 0.3 is 0 Å². The van der Waals surface area contributed by atoms with Gasteiger partial charge in [0.05, 0.1) is 0 Å². The van der Waals surface area contributed by atoms with E-state index in [1.165, 1.54) is 25.7 Å². The molecule has 2 atom stereocenters. The Morgan fingerprint density at radius 1 is 1.35 bits per heavy atom. The fourth-order valence-corrected chi connectivity index (χ4v) is 3.69. The van der Waals surface area contributed by atoms with E-state index in [4.69, 9.17) is 0 Å². The number of carbonyl (C=O) groups is 1. The Morgan fingerprint density at radius 3 is 3.05 bits per heavy atom. The van der Waals surface area contributed by atoms with Gasteiger partial charge < -0.3 is 10.2 Å². The van der Waals surface area contributed by atoms with Crippen molar-refractivity contribution in [2.24, 2.45) is 5.92 Å². The summed E-state index contributed by atoms with van der Waals surface area (Å²) in [6.45, 7) is 3.75. The third-order valence-corrected chi connectivity index (χ3v) is 4.58. The van der Waals surface area contributed by atoms with Crippen LogP contribution in [0.2, 0.25) is 0 Å². The molecule has 1 aromatic heterocycles. The molecule has 0 bridgehead atoms. The summed E-state index contributed by atoms with van der Waals surface area (Å²) in [5, 5.41) is 3.17. The summed E-state index contributed by atoms with van der Waals surface area (Å²) in [7, 11) is 0. The van der Waals surface area contributed by atoms with Gasteiger partial charge in [-0.25, -0.2) is 4.98 Å². The topological polar surface area (TPSA) is 45.2 Å². The van der Waals surface area contributed by atoms with Crippen LogP contribution in [0.25, 0.3) is 0 Å². The highest BCUT2D eigenvalue weighted by atomic mass is 16.2. The third-order valence-electron chi connectivity index (χ3n) is 4.58. The number of pyridine rings is 1. The maximum atomic E-state index is 12.7. The molecule has 20 heavy (non-hydrogen) atoms. The van der Waals surface area contributed by atoms with Crippen LogP contribution in [0.15, 0.2) is 18.2 Å². The molecule has 4 heteroatoms. The highest BCUT2D eigenvalue weighted by Gasteiger charge is 2.37. The second kappa shape index (κ2) is 5.81. The van der Waals surface area contributed by atoms with Crippen LogP contribution >= 0.6 is 0 Å². The minimum absolute atomic E-state index is 0.112. The summed E-state index contributed by atoms with van der Waals surface area (Å²) < 4.78 is 0. The molecule has 0 spiro atoms. The van der Waals surface area contributed by atoms with E-state index in [0.717, 1.165) is 31.2 Å². The van der Waals surface area contributed by atoms with Gasteiger partial charge in [-0.1, -0.05) is 12.5 Å². The van der Waals surface area contributed by atoms with E-state index in [0.29, 0.717) is 11.7 Å². The molecule has 1 aliphatic heterocycles. The lowest BCUT2D eigenvalue weighted by Crippen LogP contribution is -2.46. The Labute approximate surface area is 120 Å². The van der Waals surface area contributed by atoms with Crippen molar-refractivity contribution in [1.82, 2.24) is 9.88 Å². The normalized spacial score (nSPS) is 25.4. The Bertz CT molecular complexity index is 488. The summed E-state index contributed by atoms with van der Waals surface area (Å²) in [6, 6.07) is 6.12. The molecule has 2 fully saturated rings. The van der Waals surface area contributed by atoms with Gasteiger partial charge in [0.2, 0.25) is 0 Å². The molecule has 1 saturated carbocycles. The summed E-state index contributed by atoms with van der Waals surface area (Å²) in [6.07, 6.45) is 6.16. The van der Waals surface area contributed by atoms with Crippen LogP contribution in [0.1, 0.15) is 49.5 Å². The quantitative estimate of drug-likeness (QED) is 0.921. The van der Waals surface area contributed by atoms with Crippen molar-refractivity contribution in [3.63, 3.8) is 0 Å². The number of piperidine rings is 1. The third kappa shape index (κ3) is 2.51. The highest BCUT2D eigenvalue weighted by Crippen LogP contribution is 2.37. The van der Waals surface area contributed by atoms with Gasteiger partial charge in [-0.2, -0.15) is 0 Å². The van der Waals surface area contributed by atoms with Crippen LogP contribution in [0, 0.1) is 5.92 Å². The molecular formula is C16H23N3O. The second-order valence-electron chi connectivity index (χ2n) is 5.84. The Balaban J connectivity index is 1.79. The van der Waals surface area contributed by atoms with Gasteiger partial charge in [-0.3, -0.25) is 4.79 Å². The average molecular weight is 273 g/mol. The minimum Gasteiger partial charge on any atom is -0.370 e. The van der Waals surface area contributed by atoms with Crippen molar-refractivity contribution in [2.45, 2.75) is 45.1 Å². The predicted molar refractivity (Wildman–Crippen MR) is 79.8 cm³/mol. The molecule has 1 aromatic rings. The zero-order valence-electron chi connectivity index (χ0n) is 12.1. The first-order valence-electron chi connectivity index (χ1n) is 7.81. The first kappa shape index (κ1) is 13.4. The summed E-state index contributed by atoms with van der Waals surface area (Å²) in [5.41, 5.74) is 0.580. The van der Waals surface area contributed by atoms with E-state index in [1.807, 2.05) is 25.1 Å². The average Bonchev–Trinajstić information content (AvgIpc) is 2.95. The number of amides is 1. The number of likely N-dealkylation sites (tertiary alicyclic amines) is 1. The summed E-state index contributed by atoms with van der Waals surface area (Å²) >= 11 is 0. The number of carbonyl (C=O) groups excluding carboxylic acids is 1. The van der Waals surface area contributed by atoms with Crippen molar-refractivity contribution < 1.29 is 4.79 Å². The van der Waals surface area contributed by atoms with Crippen LogP contribution in [0.4, 0.5) is 5.82 Å². The van der Waals surface area contributed by atoms with Crippen molar-refractivity contribution in [1.29, 1.82) is 0 Å². The van der Waals surface area contributed by atoms with Gasteiger partial charge in [-0.15, -0.1) is 0 Å². The zero-order chi connectivity index (χ0) is 13.9. The predicted octanol–water partition coefficient (Wildman–Crippen LogP) is 2.92. The van der Waals surface area contributed by atoms with Gasteiger partial charge in [0.15, 0.2) is 0 Å². The van der Waals surface area contributed by atoms with Crippen LogP contribution in [-0.2, 0) is 0 Å². The molecule has 3 rings (SSSR count). The molecule has 0 aromatic carbocycles. The van der Waals surface area contributed by atoms with Crippen molar-refractivity contribution in [2.75, 3.05) is 18.4 Å². The fourth-order valence-electron chi connectivity index (χ4n) is 3.69. The van der Waals surface area contributed by atoms with Gasteiger partial charge in [-0.05, 0) is 50.7 Å². The molecule has 1 amide bonds. The lowest BCUT2D eigenvalue weighted by atomic mass is 9.91. The monoisotopic (exact) mass is 273 g/mol. The van der Waals surface area contributed by atoms with Crippen molar-refractivity contribution >= 4 is 11.7 Å². The number of aromatic nitrogens is 1. The molecule has 1 N–H and O–H groups in total. The summed E-state index contributed by atoms with van der Waals surface area (Å²) in [4.78, 5) is 19.3. The van der Waals surface area contributed by atoms with Crippen LogP contribution in [-0.4, -0.2) is 34.9 Å². The SMILES string of the molecule is CCNc1cccc(C(=O)N2CCCC3CCCC32)n1. The molecule has 1 saturated heterocycles. The van der Waals surface area contributed by atoms with E-state index < -0.39 is 0 Å². The summed E-state index contributed by atoms with van der Waals surface area (Å²) in [5.74, 6) is 1.63. The van der Waals surface area contributed by atoms with Crippen LogP contribution in [0.5, 0.6) is 0 Å². The number of hydrogen-bond acceptors (Lipinski definition) is 3. The molecule has 4 nitrogen and oxygen atoms in total. The van der Waals surface area contributed by atoms with Crippen molar-refractivity contribution in [3.8, 4) is 0 Å². The molecule has 0 radical (unpaired) electrons. The first-order valence-corrected chi connectivity index (χ1v) is 7.81. The zero-order valence-corrected chi connectivity index (χ0v) is 12.1. The maximum Gasteiger partial charge on any atom is 0.272 e. The molecular weight excluding hydrogens is 250 g/mol. The highest BCUT2D eigenvalue weighted by molar-refractivity contribution is 5.93. The lowest BCUT2D eigenvalue weighted by molar-refractivity contribution is 0.0542.